The second kappa shape index (κ2) is 11.7. The molecular formula is C24H23ClFN3O3. The minimum Gasteiger partial charge on any atom is -0.490 e. The molecule has 3 aromatic rings. The van der Waals surface area contributed by atoms with Crippen molar-refractivity contribution < 1.29 is 18.7 Å². The van der Waals surface area contributed by atoms with Gasteiger partial charge in [-0.1, -0.05) is 29.8 Å². The molecule has 0 aliphatic rings. The lowest BCUT2D eigenvalue weighted by Crippen LogP contribution is -2.25. The van der Waals surface area contributed by atoms with Crippen molar-refractivity contribution >= 4 is 29.4 Å². The predicted octanol–water partition coefficient (Wildman–Crippen LogP) is 5.02. The normalized spacial score (nSPS) is 10.7. The van der Waals surface area contributed by atoms with Crippen LogP contribution in [0.4, 0.5) is 10.1 Å². The third kappa shape index (κ3) is 6.99. The largest absolute Gasteiger partial charge is 0.490 e. The van der Waals surface area contributed by atoms with Crippen molar-refractivity contribution in [3.63, 3.8) is 0 Å². The average Bonchev–Trinajstić information content (AvgIpc) is 2.79. The van der Waals surface area contributed by atoms with E-state index in [1.807, 2.05) is 31.2 Å². The van der Waals surface area contributed by atoms with Gasteiger partial charge in [0.05, 0.1) is 19.4 Å². The quantitative estimate of drug-likeness (QED) is 0.332. The molecule has 32 heavy (non-hydrogen) atoms. The summed E-state index contributed by atoms with van der Waals surface area (Å²) in [6, 6.07) is 18.6. The number of hydrogen-bond donors (Lipinski definition) is 2. The van der Waals surface area contributed by atoms with Crippen LogP contribution in [-0.2, 0) is 11.4 Å². The Bertz CT molecular complexity index is 1070. The number of hydrogen-bond acceptors (Lipinski definition) is 5. The van der Waals surface area contributed by atoms with Crippen LogP contribution < -0.4 is 20.2 Å². The highest BCUT2D eigenvalue weighted by molar-refractivity contribution is 6.31. The van der Waals surface area contributed by atoms with Gasteiger partial charge in [0, 0.05) is 16.3 Å². The molecule has 6 nitrogen and oxygen atoms in total. The molecule has 0 radical (unpaired) electrons. The summed E-state index contributed by atoms with van der Waals surface area (Å²) in [5, 5.41) is 7.49. The number of nitrogens with zero attached hydrogens (tertiary/aromatic N) is 1. The Morgan fingerprint density at radius 1 is 1.06 bits per heavy atom. The number of rotatable bonds is 10. The van der Waals surface area contributed by atoms with Gasteiger partial charge < -0.3 is 14.8 Å². The van der Waals surface area contributed by atoms with Crippen molar-refractivity contribution in [2.75, 3.05) is 18.5 Å². The Hall–Kier alpha value is -3.58. The van der Waals surface area contributed by atoms with E-state index in [-0.39, 0.29) is 18.3 Å². The molecule has 0 saturated heterocycles. The summed E-state index contributed by atoms with van der Waals surface area (Å²) < 4.78 is 24.5. The molecule has 166 valence electrons. The molecule has 0 aliphatic carbocycles. The molecule has 0 aromatic heterocycles. The van der Waals surface area contributed by atoms with E-state index in [0.29, 0.717) is 35.4 Å². The lowest BCUT2D eigenvalue weighted by Gasteiger charge is -2.13. The summed E-state index contributed by atoms with van der Waals surface area (Å²) in [6.07, 6.45) is 1.51. The van der Waals surface area contributed by atoms with Crippen LogP contribution in [0, 0.1) is 5.82 Å². The highest BCUT2D eigenvalue weighted by Gasteiger charge is 2.08. The first-order chi connectivity index (χ1) is 15.5. The number of carbonyl (C=O) groups excluding carboxylic acids is 1. The fourth-order valence-corrected chi connectivity index (χ4v) is 2.92. The monoisotopic (exact) mass is 455 g/mol. The van der Waals surface area contributed by atoms with Crippen LogP contribution >= 0.6 is 11.6 Å². The second-order valence-electron chi connectivity index (χ2n) is 6.67. The fourth-order valence-electron chi connectivity index (χ4n) is 2.73. The van der Waals surface area contributed by atoms with Gasteiger partial charge in [-0.3, -0.25) is 4.79 Å². The topological polar surface area (TPSA) is 72.0 Å². The van der Waals surface area contributed by atoms with E-state index in [0.717, 1.165) is 11.1 Å². The van der Waals surface area contributed by atoms with Crippen molar-refractivity contribution in [2.24, 2.45) is 5.10 Å². The molecule has 1 amide bonds. The van der Waals surface area contributed by atoms with Crippen LogP contribution in [-0.4, -0.2) is 25.3 Å². The Balaban J connectivity index is 1.55. The number of nitrogens with one attached hydrogen (secondary N) is 2. The molecule has 0 unspecified atom stereocenters. The van der Waals surface area contributed by atoms with Crippen LogP contribution in [0.5, 0.6) is 11.5 Å². The van der Waals surface area contributed by atoms with Gasteiger partial charge in [-0.25, -0.2) is 9.82 Å². The zero-order valence-corrected chi connectivity index (χ0v) is 18.2. The Morgan fingerprint density at radius 2 is 1.84 bits per heavy atom. The van der Waals surface area contributed by atoms with Gasteiger partial charge in [0.1, 0.15) is 12.4 Å². The van der Waals surface area contributed by atoms with E-state index in [1.165, 1.54) is 18.3 Å². The molecule has 0 aliphatic heterocycles. The molecular weight excluding hydrogens is 433 g/mol. The molecule has 3 rings (SSSR count). The van der Waals surface area contributed by atoms with Crippen molar-refractivity contribution in [3.05, 3.63) is 88.7 Å². The summed E-state index contributed by atoms with van der Waals surface area (Å²) in [5.41, 5.74) is 4.68. The summed E-state index contributed by atoms with van der Waals surface area (Å²) in [7, 11) is 0. The number of hydrazone groups is 1. The number of amides is 1. The van der Waals surface area contributed by atoms with Gasteiger partial charge in [-0.15, -0.1) is 0 Å². The van der Waals surface area contributed by atoms with Crippen molar-refractivity contribution in [1.82, 2.24) is 5.43 Å². The maximum atomic E-state index is 12.9. The SMILES string of the molecule is CCOc1cc(/C=N\NC(=O)CNc2ccc(F)cc2)ccc1OCc1ccccc1Cl. The Kier molecular flexibility index (Phi) is 8.45. The van der Waals surface area contributed by atoms with Crippen LogP contribution in [0.3, 0.4) is 0 Å². The van der Waals surface area contributed by atoms with E-state index in [2.05, 4.69) is 15.8 Å². The van der Waals surface area contributed by atoms with Gasteiger partial charge in [0.25, 0.3) is 5.91 Å². The number of halogens is 2. The molecule has 3 aromatic carbocycles. The average molecular weight is 456 g/mol. The predicted molar refractivity (Wildman–Crippen MR) is 124 cm³/mol. The molecule has 0 bridgehead atoms. The standard InChI is InChI=1S/C24H23ClFN3O3/c1-2-31-23-13-17(7-12-22(23)32-16-18-5-3-4-6-21(18)25)14-28-29-24(30)15-27-20-10-8-19(26)9-11-20/h3-14,27H,2,15-16H2,1H3,(H,29,30)/b28-14-. The summed E-state index contributed by atoms with van der Waals surface area (Å²) in [4.78, 5) is 11.9. The first kappa shape index (κ1) is 23.1. The maximum absolute atomic E-state index is 12.9. The maximum Gasteiger partial charge on any atom is 0.259 e. The molecule has 0 fully saturated rings. The number of anilines is 1. The van der Waals surface area contributed by atoms with E-state index in [9.17, 15) is 9.18 Å². The van der Waals surface area contributed by atoms with E-state index in [4.69, 9.17) is 21.1 Å². The molecule has 0 spiro atoms. The molecule has 0 heterocycles. The van der Waals surface area contributed by atoms with Crippen molar-refractivity contribution in [2.45, 2.75) is 13.5 Å². The van der Waals surface area contributed by atoms with Gasteiger partial charge in [-0.05, 0) is 61.0 Å². The van der Waals surface area contributed by atoms with Crippen LogP contribution in [0.25, 0.3) is 0 Å². The lowest BCUT2D eigenvalue weighted by molar-refractivity contribution is -0.119. The lowest BCUT2D eigenvalue weighted by atomic mass is 10.2. The summed E-state index contributed by atoms with van der Waals surface area (Å²) in [6.45, 7) is 2.66. The van der Waals surface area contributed by atoms with Crippen LogP contribution in [0.1, 0.15) is 18.1 Å². The minimum absolute atomic E-state index is 0.00198. The van der Waals surface area contributed by atoms with Gasteiger partial charge in [0.15, 0.2) is 11.5 Å². The van der Waals surface area contributed by atoms with E-state index >= 15 is 0 Å². The molecule has 0 atom stereocenters. The molecule has 0 saturated carbocycles. The minimum atomic E-state index is -0.338. The zero-order chi connectivity index (χ0) is 22.8. The van der Waals surface area contributed by atoms with Gasteiger partial charge in [-0.2, -0.15) is 5.10 Å². The van der Waals surface area contributed by atoms with E-state index < -0.39 is 0 Å². The van der Waals surface area contributed by atoms with Crippen LogP contribution in [0.2, 0.25) is 5.02 Å². The Labute approximate surface area is 191 Å². The highest BCUT2D eigenvalue weighted by atomic mass is 35.5. The number of carbonyl (C=O) groups is 1. The second-order valence-corrected chi connectivity index (χ2v) is 7.08. The molecule has 8 heteroatoms. The van der Waals surface area contributed by atoms with Crippen LogP contribution in [0.15, 0.2) is 71.8 Å². The van der Waals surface area contributed by atoms with Crippen molar-refractivity contribution in [3.8, 4) is 11.5 Å². The Morgan fingerprint density at radius 3 is 2.59 bits per heavy atom. The fraction of sp³-hybridized carbons (Fsp3) is 0.167. The third-order valence-electron chi connectivity index (χ3n) is 4.31. The smallest absolute Gasteiger partial charge is 0.259 e. The first-order valence-electron chi connectivity index (χ1n) is 9.99. The van der Waals surface area contributed by atoms with Gasteiger partial charge >= 0.3 is 0 Å². The molecule has 2 N–H and O–H groups in total. The summed E-state index contributed by atoms with van der Waals surface area (Å²) >= 11 is 6.18. The highest BCUT2D eigenvalue weighted by Crippen LogP contribution is 2.29. The summed E-state index contributed by atoms with van der Waals surface area (Å²) in [5.74, 6) is 0.468. The van der Waals surface area contributed by atoms with Crippen molar-refractivity contribution in [1.29, 1.82) is 0 Å². The first-order valence-corrected chi connectivity index (χ1v) is 10.4. The zero-order valence-electron chi connectivity index (χ0n) is 17.5. The number of ether oxygens (including phenoxy) is 2. The third-order valence-corrected chi connectivity index (χ3v) is 4.68. The van der Waals surface area contributed by atoms with Gasteiger partial charge in [0.2, 0.25) is 0 Å². The van der Waals surface area contributed by atoms with E-state index in [1.54, 1.807) is 30.3 Å². The number of benzene rings is 3.